The largest absolute Gasteiger partial charge is 0.334 e. The number of halogens is 1. The second kappa shape index (κ2) is 6.53. The van der Waals surface area contributed by atoms with Crippen molar-refractivity contribution < 1.29 is 4.79 Å². The van der Waals surface area contributed by atoms with E-state index in [2.05, 4.69) is 16.4 Å². The lowest BCUT2D eigenvalue weighted by Gasteiger charge is -2.21. The minimum absolute atomic E-state index is 0.297. The van der Waals surface area contributed by atoms with Crippen LogP contribution in [0.3, 0.4) is 0 Å². The standard InChI is InChI=1S/C14H18ClN3O/c1-4-6-11-7-10(8-12(15)17-11)13(19)18-14(3,5-2)9-16/h7-8H,4-6H2,1-3H3,(H,18,19). The molecule has 0 radical (unpaired) electrons. The predicted molar refractivity (Wildman–Crippen MR) is 75.0 cm³/mol. The number of amides is 1. The van der Waals surface area contributed by atoms with Gasteiger partial charge in [-0.2, -0.15) is 5.26 Å². The van der Waals surface area contributed by atoms with Crippen LogP contribution in [-0.4, -0.2) is 16.4 Å². The second-order valence-electron chi connectivity index (χ2n) is 4.67. The fraction of sp³-hybridized carbons (Fsp3) is 0.500. The molecule has 1 heterocycles. The van der Waals surface area contributed by atoms with Crippen LogP contribution in [-0.2, 0) is 6.42 Å². The molecule has 0 saturated carbocycles. The SMILES string of the molecule is CCCc1cc(C(=O)NC(C)(C#N)CC)cc(Cl)n1. The van der Waals surface area contributed by atoms with Gasteiger partial charge < -0.3 is 5.32 Å². The van der Waals surface area contributed by atoms with Crippen LogP contribution in [0.5, 0.6) is 0 Å². The average Bonchev–Trinajstić information content (AvgIpc) is 2.38. The summed E-state index contributed by atoms with van der Waals surface area (Å²) >= 11 is 5.91. The Bertz CT molecular complexity index is 510. The summed E-state index contributed by atoms with van der Waals surface area (Å²) in [4.78, 5) is 16.3. The number of carbonyl (C=O) groups is 1. The van der Waals surface area contributed by atoms with Gasteiger partial charge in [-0.15, -0.1) is 0 Å². The first-order chi connectivity index (χ1) is 8.94. The molecule has 1 aromatic heterocycles. The number of aryl methyl sites for hydroxylation is 1. The fourth-order valence-electron chi connectivity index (χ4n) is 1.58. The van der Waals surface area contributed by atoms with Gasteiger partial charge in [-0.25, -0.2) is 4.98 Å². The van der Waals surface area contributed by atoms with Gasteiger partial charge >= 0.3 is 0 Å². The highest BCUT2D eigenvalue weighted by atomic mass is 35.5. The Morgan fingerprint density at radius 3 is 2.74 bits per heavy atom. The van der Waals surface area contributed by atoms with Gasteiger partial charge in [0.05, 0.1) is 6.07 Å². The Morgan fingerprint density at radius 1 is 1.53 bits per heavy atom. The third kappa shape index (κ3) is 4.22. The Hall–Kier alpha value is -1.60. The highest BCUT2D eigenvalue weighted by Gasteiger charge is 2.24. The summed E-state index contributed by atoms with van der Waals surface area (Å²) < 4.78 is 0. The molecular formula is C14H18ClN3O. The number of hydrogen-bond donors (Lipinski definition) is 1. The predicted octanol–water partition coefficient (Wildman–Crippen LogP) is 3.11. The summed E-state index contributed by atoms with van der Waals surface area (Å²) in [5.74, 6) is -0.299. The van der Waals surface area contributed by atoms with E-state index in [0.29, 0.717) is 17.1 Å². The molecule has 0 aliphatic carbocycles. The number of nitrogens with one attached hydrogen (secondary N) is 1. The lowest BCUT2D eigenvalue weighted by Crippen LogP contribution is -2.44. The zero-order chi connectivity index (χ0) is 14.5. The van der Waals surface area contributed by atoms with Gasteiger partial charge in [-0.1, -0.05) is 31.9 Å². The Labute approximate surface area is 118 Å². The van der Waals surface area contributed by atoms with Crippen molar-refractivity contribution in [3.05, 3.63) is 28.5 Å². The van der Waals surface area contributed by atoms with Gasteiger partial charge in [-0.3, -0.25) is 4.79 Å². The monoisotopic (exact) mass is 279 g/mol. The number of pyridine rings is 1. The van der Waals surface area contributed by atoms with Gasteiger partial charge in [0, 0.05) is 11.3 Å². The fourth-order valence-corrected chi connectivity index (χ4v) is 1.81. The van der Waals surface area contributed by atoms with Crippen molar-refractivity contribution in [3.8, 4) is 6.07 Å². The first kappa shape index (κ1) is 15.5. The molecule has 102 valence electrons. The summed E-state index contributed by atoms with van der Waals surface area (Å²) in [7, 11) is 0. The molecule has 4 nitrogen and oxygen atoms in total. The van der Waals surface area contributed by atoms with Crippen LogP contribution in [0.1, 0.15) is 49.7 Å². The van der Waals surface area contributed by atoms with Gasteiger partial charge in [0.1, 0.15) is 10.7 Å². The lowest BCUT2D eigenvalue weighted by molar-refractivity contribution is 0.0923. The number of nitriles is 1. The zero-order valence-electron chi connectivity index (χ0n) is 11.5. The highest BCUT2D eigenvalue weighted by molar-refractivity contribution is 6.29. The third-order valence-corrected chi connectivity index (χ3v) is 3.15. The molecule has 0 spiro atoms. The number of carbonyl (C=O) groups excluding carboxylic acids is 1. The molecule has 0 bridgehead atoms. The summed E-state index contributed by atoms with van der Waals surface area (Å²) in [6, 6.07) is 5.34. The van der Waals surface area contributed by atoms with Crippen molar-refractivity contribution in [3.63, 3.8) is 0 Å². The van der Waals surface area contributed by atoms with Crippen molar-refractivity contribution >= 4 is 17.5 Å². The summed E-state index contributed by atoms with van der Waals surface area (Å²) in [5.41, 5.74) is 0.367. The minimum Gasteiger partial charge on any atom is -0.334 e. The molecule has 0 saturated heterocycles. The summed E-state index contributed by atoms with van der Waals surface area (Å²) in [6.45, 7) is 5.58. The van der Waals surface area contributed by atoms with Crippen LogP contribution in [0.25, 0.3) is 0 Å². The maximum absolute atomic E-state index is 12.1. The molecule has 0 aliphatic rings. The maximum atomic E-state index is 12.1. The molecule has 1 N–H and O–H groups in total. The quantitative estimate of drug-likeness (QED) is 0.842. The van der Waals surface area contributed by atoms with E-state index in [1.54, 1.807) is 13.0 Å². The van der Waals surface area contributed by atoms with Crippen molar-refractivity contribution in [2.45, 2.75) is 45.6 Å². The van der Waals surface area contributed by atoms with Crippen LogP contribution >= 0.6 is 11.6 Å². The van der Waals surface area contributed by atoms with Crippen molar-refractivity contribution in [1.29, 1.82) is 5.26 Å². The average molecular weight is 280 g/mol. The Morgan fingerprint density at radius 2 is 2.21 bits per heavy atom. The Balaban J connectivity index is 2.97. The van der Waals surface area contributed by atoms with Crippen LogP contribution in [0.4, 0.5) is 0 Å². The number of hydrogen-bond acceptors (Lipinski definition) is 3. The van der Waals surface area contributed by atoms with Crippen LogP contribution in [0, 0.1) is 11.3 Å². The molecule has 1 aromatic rings. The van der Waals surface area contributed by atoms with E-state index < -0.39 is 5.54 Å². The molecular weight excluding hydrogens is 262 g/mol. The van der Waals surface area contributed by atoms with Crippen LogP contribution in [0.15, 0.2) is 12.1 Å². The third-order valence-electron chi connectivity index (χ3n) is 2.96. The molecule has 5 heteroatoms. The topological polar surface area (TPSA) is 65.8 Å². The van der Waals surface area contributed by atoms with E-state index >= 15 is 0 Å². The van der Waals surface area contributed by atoms with Crippen molar-refractivity contribution in [1.82, 2.24) is 10.3 Å². The van der Waals surface area contributed by atoms with E-state index in [-0.39, 0.29) is 5.91 Å². The van der Waals surface area contributed by atoms with Gasteiger partial charge in [0.25, 0.3) is 5.91 Å². The molecule has 1 amide bonds. The van der Waals surface area contributed by atoms with Gasteiger partial charge in [0.2, 0.25) is 0 Å². The second-order valence-corrected chi connectivity index (χ2v) is 5.06. The molecule has 19 heavy (non-hydrogen) atoms. The first-order valence-electron chi connectivity index (χ1n) is 6.34. The van der Waals surface area contributed by atoms with E-state index in [4.69, 9.17) is 16.9 Å². The van der Waals surface area contributed by atoms with Crippen molar-refractivity contribution in [2.75, 3.05) is 0 Å². The Kier molecular flexibility index (Phi) is 5.31. The number of aromatic nitrogens is 1. The summed E-state index contributed by atoms with van der Waals surface area (Å²) in [6.07, 6.45) is 2.24. The maximum Gasteiger partial charge on any atom is 0.252 e. The van der Waals surface area contributed by atoms with E-state index in [0.717, 1.165) is 18.5 Å². The van der Waals surface area contributed by atoms with Gasteiger partial charge in [-0.05, 0) is 31.9 Å². The molecule has 1 unspecified atom stereocenters. The molecule has 1 rings (SSSR count). The van der Waals surface area contributed by atoms with E-state index in [9.17, 15) is 4.79 Å². The summed E-state index contributed by atoms with van der Waals surface area (Å²) in [5, 5.41) is 12.1. The van der Waals surface area contributed by atoms with Crippen LogP contribution < -0.4 is 5.32 Å². The van der Waals surface area contributed by atoms with E-state index in [1.165, 1.54) is 6.07 Å². The van der Waals surface area contributed by atoms with Crippen LogP contribution in [0.2, 0.25) is 5.15 Å². The zero-order valence-corrected chi connectivity index (χ0v) is 12.2. The smallest absolute Gasteiger partial charge is 0.252 e. The highest BCUT2D eigenvalue weighted by Crippen LogP contribution is 2.14. The molecule has 0 aromatic carbocycles. The van der Waals surface area contributed by atoms with Crippen molar-refractivity contribution in [2.24, 2.45) is 0 Å². The normalized spacial score (nSPS) is 13.4. The number of rotatable bonds is 5. The lowest BCUT2D eigenvalue weighted by atomic mass is 10.0. The van der Waals surface area contributed by atoms with Gasteiger partial charge in [0.15, 0.2) is 0 Å². The molecule has 1 atom stereocenters. The minimum atomic E-state index is -0.863. The molecule has 0 aliphatic heterocycles. The molecule has 0 fully saturated rings. The van der Waals surface area contributed by atoms with E-state index in [1.807, 2.05) is 13.8 Å². The number of nitrogens with zero attached hydrogens (tertiary/aromatic N) is 2. The first-order valence-corrected chi connectivity index (χ1v) is 6.72.